The van der Waals surface area contributed by atoms with Crippen molar-refractivity contribution in [3.8, 4) is 0 Å². The number of rotatable bonds is 2. The number of fused-ring (bicyclic) bond motifs is 1. The number of aromatic amines is 1. The van der Waals surface area contributed by atoms with Crippen molar-refractivity contribution in [3.05, 3.63) is 16.9 Å². The normalized spacial score (nSPS) is 32.9. The summed E-state index contributed by atoms with van der Waals surface area (Å²) in [7, 11) is 0. The average molecular weight is 312 g/mol. The van der Waals surface area contributed by atoms with E-state index in [9.17, 15) is 15.3 Å². The van der Waals surface area contributed by atoms with Gasteiger partial charge in [-0.05, 0) is 13.0 Å². The van der Waals surface area contributed by atoms with Gasteiger partial charge in [0.1, 0.15) is 28.1 Å². The minimum atomic E-state index is -1.59. The zero-order valence-electron chi connectivity index (χ0n) is 11.2. The van der Waals surface area contributed by atoms with Gasteiger partial charge in [-0.3, -0.25) is 0 Å². The number of nitrogens with one attached hydrogen (secondary N) is 1. The zero-order chi connectivity index (χ0) is 15.4. The maximum absolute atomic E-state index is 10.5. The molecule has 8 nitrogen and oxygen atoms in total. The van der Waals surface area contributed by atoms with Crippen LogP contribution < -0.4 is 5.73 Å². The van der Waals surface area contributed by atoms with Crippen molar-refractivity contribution >= 4 is 29.2 Å². The Morgan fingerprint density at radius 1 is 1.62 bits per heavy atom. The van der Waals surface area contributed by atoms with Crippen LogP contribution in [0.3, 0.4) is 0 Å². The Labute approximate surface area is 124 Å². The molecule has 4 atom stereocenters. The van der Waals surface area contributed by atoms with Crippen molar-refractivity contribution in [1.29, 1.82) is 0 Å². The molecular weight excluding hydrogens is 296 g/mol. The number of hydrogen-bond acceptors (Lipinski definition) is 7. The summed E-state index contributed by atoms with van der Waals surface area (Å²) in [5.41, 5.74) is 4.51. The second-order valence-corrected chi connectivity index (χ2v) is 5.70. The Kier molecular flexibility index (Phi) is 3.26. The summed E-state index contributed by atoms with van der Waals surface area (Å²) < 4.78 is 7.53. The van der Waals surface area contributed by atoms with Crippen LogP contribution in [0, 0.1) is 4.64 Å². The van der Waals surface area contributed by atoms with Gasteiger partial charge in [-0.2, -0.15) is 4.98 Å². The third kappa shape index (κ3) is 2.05. The molecule has 0 radical (unpaired) electrons. The first-order valence-corrected chi connectivity index (χ1v) is 6.80. The van der Waals surface area contributed by atoms with E-state index in [2.05, 4.69) is 9.97 Å². The highest BCUT2D eigenvalue weighted by Gasteiger charge is 2.53. The molecule has 0 aliphatic carbocycles. The first kappa shape index (κ1) is 14.4. The molecule has 3 rings (SSSR count). The van der Waals surface area contributed by atoms with Gasteiger partial charge in [0.2, 0.25) is 0 Å². The van der Waals surface area contributed by atoms with Crippen molar-refractivity contribution in [2.24, 2.45) is 0 Å². The summed E-state index contributed by atoms with van der Waals surface area (Å²) >= 11 is 5.17. The number of ether oxygens (including phenoxy) is 1. The minimum absolute atomic E-state index is 0.143. The van der Waals surface area contributed by atoms with E-state index >= 15 is 0 Å². The smallest absolute Gasteiger partial charge is 0.200 e. The number of H-pyrrole nitrogens is 1. The number of hydrogen-bond donors (Lipinski definition) is 5. The highest BCUT2D eigenvalue weighted by Crippen LogP contribution is 2.39. The molecule has 0 bridgehead atoms. The van der Waals surface area contributed by atoms with Crippen LogP contribution in [-0.4, -0.2) is 54.3 Å². The van der Waals surface area contributed by atoms with Gasteiger partial charge in [0, 0.05) is 6.20 Å². The molecule has 1 fully saturated rings. The zero-order valence-corrected chi connectivity index (χ0v) is 12.0. The van der Waals surface area contributed by atoms with Crippen LogP contribution in [-0.2, 0) is 4.74 Å². The minimum Gasteiger partial charge on any atom is -0.394 e. The summed E-state index contributed by atoms with van der Waals surface area (Å²) in [5, 5.41) is 30.4. The number of nitrogens with zero attached hydrogens (tertiary/aromatic N) is 2. The Balaban J connectivity index is 2.15. The lowest BCUT2D eigenvalue weighted by atomic mass is 9.96. The molecular formula is C12H16N4O4S. The van der Waals surface area contributed by atoms with Gasteiger partial charge in [0.05, 0.1) is 12.0 Å². The maximum atomic E-state index is 10.5. The third-order valence-electron chi connectivity index (χ3n) is 3.79. The summed E-state index contributed by atoms with van der Waals surface area (Å²) in [6.45, 7) is 1.04. The fraction of sp³-hybridized carbons (Fsp3) is 0.500. The molecule has 0 aromatic carbocycles. The molecule has 3 heterocycles. The summed E-state index contributed by atoms with van der Waals surface area (Å²) in [5.74, 6) is 0.143. The SMILES string of the molecule is CC1(O)[C@@H](O)[C@@H](CO)O[C@H]1n1ccc2c(=S)[nH]c(N)nc21. The second kappa shape index (κ2) is 4.75. The van der Waals surface area contributed by atoms with Crippen LogP contribution in [0.2, 0.25) is 0 Å². The lowest BCUT2D eigenvalue weighted by Crippen LogP contribution is -2.44. The van der Waals surface area contributed by atoms with Crippen LogP contribution in [0.5, 0.6) is 0 Å². The predicted octanol–water partition coefficient (Wildman–Crippen LogP) is -0.322. The highest BCUT2D eigenvalue weighted by molar-refractivity contribution is 7.71. The van der Waals surface area contributed by atoms with Gasteiger partial charge in [0.25, 0.3) is 0 Å². The predicted molar refractivity (Wildman–Crippen MR) is 77.0 cm³/mol. The van der Waals surface area contributed by atoms with E-state index < -0.39 is 30.6 Å². The van der Waals surface area contributed by atoms with Crippen molar-refractivity contribution in [2.75, 3.05) is 12.3 Å². The molecule has 1 aliphatic heterocycles. The molecule has 21 heavy (non-hydrogen) atoms. The van der Waals surface area contributed by atoms with Crippen LogP contribution >= 0.6 is 12.2 Å². The number of aliphatic hydroxyl groups excluding tert-OH is 2. The van der Waals surface area contributed by atoms with Gasteiger partial charge in [-0.15, -0.1) is 0 Å². The number of aromatic nitrogens is 3. The first-order chi connectivity index (χ1) is 9.86. The topological polar surface area (TPSA) is 130 Å². The average Bonchev–Trinajstić information content (AvgIpc) is 2.91. The molecule has 6 N–H and O–H groups in total. The fourth-order valence-corrected chi connectivity index (χ4v) is 2.90. The summed E-state index contributed by atoms with van der Waals surface area (Å²) in [6.07, 6.45) is -1.36. The van der Waals surface area contributed by atoms with Gasteiger partial charge < -0.3 is 35.3 Å². The molecule has 2 aromatic rings. The lowest BCUT2D eigenvalue weighted by molar-refractivity contribution is -0.0948. The van der Waals surface area contributed by atoms with Crippen LogP contribution in [0.4, 0.5) is 5.95 Å². The molecule has 1 unspecified atom stereocenters. The van der Waals surface area contributed by atoms with Crippen molar-refractivity contribution in [2.45, 2.75) is 31.0 Å². The van der Waals surface area contributed by atoms with Gasteiger partial charge >= 0.3 is 0 Å². The molecule has 2 aromatic heterocycles. The highest BCUT2D eigenvalue weighted by atomic mass is 32.1. The molecule has 0 amide bonds. The van der Waals surface area contributed by atoms with Crippen LogP contribution in [0.15, 0.2) is 12.3 Å². The van der Waals surface area contributed by atoms with Crippen LogP contribution in [0.1, 0.15) is 13.2 Å². The second-order valence-electron chi connectivity index (χ2n) is 5.29. The Morgan fingerprint density at radius 2 is 2.33 bits per heavy atom. The molecule has 0 saturated carbocycles. The number of nitrogen functional groups attached to an aromatic ring is 1. The van der Waals surface area contributed by atoms with Crippen molar-refractivity contribution < 1.29 is 20.1 Å². The van der Waals surface area contributed by atoms with Gasteiger partial charge in [-0.25, -0.2) is 0 Å². The van der Waals surface area contributed by atoms with Crippen LogP contribution in [0.25, 0.3) is 11.0 Å². The van der Waals surface area contributed by atoms with E-state index in [1.165, 1.54) is 6.92 Å². The number of anilines is 1. The van der Waals surface area contributed by atoms with Gasteiger partial charge in [0.15, 0.2) is 12.2 Å². The molecule has 114 valence electrons. The Morgan fingerprint density at radius 3 is 2.95 bits per heavy atom. The number of aliphatic hydroxyl groups is 3. The van der Waals surface area contributed by atoms with E-state index in [1.54, 1.807) is 16.8 Å². The van der Waals surface area contributed by atoms with Crippen molar-refractivity contribution in [3.63, 3.8) is 0 Å². The van der Waals surface area contributed by atoms with E-state index in [0.717, 1.165) is 0 Å². The van der Waals surface area contributed by atoms with Gasteiger partial charge in [-0.1, -0.05) is 12.2 Å². The first-order valence-electron chi connectivity index (χ1n) is 6.39. The van der Waals surface area contributed by atoms with E-state index in [-0.39, 0.29) is 5.95 Å². The largest absolute Gasteiger partial charge is 0.394 e. The summed E-state index contributed by atoms with van der Waals surface area (Å²) in [4.78, 5) is 6.91. The standard InChI is InChI=1S/C12H16N4O4S/c1-12(19)7(18)6(4-17)20-10(12)16-3-2-5-8(16)14-11(13)15-9(5)21/h2-3,6-7,10,17-19H,4H2,1H3,(H3,13,14,15,21)/t6-,7+,10-,12?/m1/s1. The molecule has 1 saturated heterocycles. The quantitative estimate of drug-likeness (QED) is 0.480. The van der Waals surface area contributed by atoms with E-state index in [4.69, 9.17) is 22.7 Å². The Bertz CT molecular complexity index is 740. The molecule has 0 spiro atoms. The van der Waals surface area contributed by atoms with E-state index in [0.29, 0.717) is 15.7 Å². The third-order valence-corrected chi connectivity index (χ3v) is 4.11. The van der Waals surface area contributed by atoms with Crippen molar-refractivity contribution in [1.82, 2.24) is 14.5 Å². The lowest BCUT2D eigenvalue weighted by Gasteiger charge is -2.27. The Hall–Kier alpha value is -1.52. The molecule has 1 aliphatic rings. The monoisotopic (exact) mass is 312 g/mol. The molecule has 9 heteroatoms. The number of nitrogens with two attached hydrogens (primary N) is 1. The fourth-order valence-electron chi connectivity index (χ4n) is 2.64. The maximum Gasteiger partial charge on any atom is 0.200 e. The van der Waals surface area contributed by atoms with E-state index in [1.807, 2.05) is 0 Å². The summed E-state index contributed by atoms with van der Waals surface area (Å²) in [6, 6.07) is 1.72.